The van der Waals surface area contributed by atoms with Crippen LogP contribution in [0.4, 0.5) is 0 Å². The number of likely N-dealkylation sites (N-methyl/N-ethyl adjacent to an activating group) is 1. The first-order valence-corrected chi connectivity index (χ1v) is 22.0. The van der Waals surface area contributed by atoms with Crippen LogP contribution in [0.1, 0.15) is 149 Å². The molecule has 0 rings (SSSR count). The first kappa shape index (κ1) is 50.7. The molecule has 0 amide bonds. The van der Waals surface area contributed by atoms with Crippen molar-refractivity contribution in [2.45, 2.75) is 155 Å². The maximum Gasteiger partial charge on any atom is 0.472 e. The Hall–Kier alpha value is -2.29. The van der Waals surface area contributed by atoms with Crippen molar-refractivity contribution in [3.05, 3.63) is 60.8 Å². The van der Waals surface area contributed by atoms with Crippen LogP contribution in [-0.2, 0) is 32.7 Å². The number of ether oxygens (including phenoxy) is 2. The number of esters is 2. The molecule has 0 spiro atoms. The van der Waals surface area contributed by atoms with Gasteiger partial charge in [0, 0.05) is 12.8 Å². The molecule has 0 aromatic rings. The van der Waals surface area contributed by atoms with Gasteiger partial charge >= 0.3 is 19.8 Å². The summed E-state index contributed by atoms with van der Waals surface area (Å²) in [6.45, 7) is 4.21. The lowest BCUT2D eigenvalue weighted by Gasteiger charge is -2.24. The standard InChI is InChI=1S/C43H76NO8P/c1-6-8-10-12-14-16-18-20-22-24-26-28-30-32-34-36-43(46)52-41(40-51-53(47,48)50-38-37-44(3,4)5)39-49-42(45)35-33-31-29-27-25-23-21-19-17-15-13-11-9-7-2/h8,10,13-16,19-22,41H,6-7,9,11-12,17-18,23-40H2,1-5H3/p+1/b10-8-,15-13-,16-14-,21-19-,22-20-/t41-/m1/s1. The second kappa shape index (κ2) is 35.4. The molecular weight excluding hydrogens is 689 g/mol. The molecule has 53 heavy (non-hydrogen) atoms. The van der Waals surface area contributed by atoms with Crippen LogP contribution < -0.4 is 0 Å². The number of carbonyl (C=O) groups is 2. The largest absolute Gasteiger partial charge is 0.472 e. The van der Waals surface area contributed by atoms with E-state index in [4.69, 9.17) is 18.5 Å². The summed E-state index contributed by atoms with van der Waals surface area (Å²) in [6, 6.07) is 0. The van der Waals surface area contributed by atoms with E-state index < -0.39 is 32.5 Å². The molecule has 0 aliphatic heterocycles. The molecular formula is C43H77NO8P+. The first-order chi connectivity index (χ1) is 25.5. The Balaban J connectivity index is 4.47. The minimum atomic E-state index is -4.38. The lowest BCUT2D eigenvalue weighted by Crippen LogP contribution is -2.37. The van der Waals surface area contributed by atoms with Gasteiger partial charge in [0.05, 0.1) is 27.7 Å². The molecule has 9 nitrogen and oxygen atoms in total. The zero-order valence-corrected chi connectivity index (χ0v) is 35.1. The summed E-state index contributed by atoms with van der Waals surface area (Å²) in [6.07, 6.45) is 41.2. The average molecular weight is 767 g/mol. The molecule has 0 aliphatic carbocycles. The van der Waals surface area contributed by atoms with Gasteiger partial charge in [0.1, 0.15) is 19.8 Å². The number of rotatable bonds is 36. The van der Waals surface area contributed by atoms with E-state index in [9.17, 15) is 19.0 Å². The number of allylic oxidation sites excluding steroid dienone is 10. The molecule has 0 bridgehead atoms. The van der Waals surface area contributed by atoms with Crippen molar-refractivity contribution in [1.29, 1.82) is 0 Å². The smallest absolute Gasteiger partial charge is 0.462 e. The summed E-state index contributed by atoms with van der Waals surface area (Å²) in [5.74, 6) is -0.841. The van der Waals surface area contributed by atoms with E-state index in [-0.39, 0.29) is 26.1 Å². The van der Waals surface area contributed by atoms with Crippen LogP contribution in [0.3, 0.4) is 0 Å². The van der Waals surface area contributed by atoms with E-state index >= 15 is 0 Å². The van der Waals surface area contributed by atoms with Gasteiger partial charge in [0.2, 0.25) is 0 Å². The van der Waals surface area contributed by atoms with Gasteiger partial charge in [-0.05, 0) is 70.6 Å². The Morgan fingerprint density at radius 3 is 1.60 bits per heavy atom. The van der Waals surface area contributed by atoms with Crippen molar-refractivity contribution < 1.29 is 42.1 Å². The maximum atomic E-state index is 12.6. The Labute approximate surface area is 324 Å². The third-order valence-electron chi connectivity index (χ3n) is 8.28. The number of unbranched alkanes of at least 4 members (excludes halogenated alkanes) is 12. The lowest BCUT2D eigenvalue weighted by atomic mass is 10.1. The Morgan fingerprint density at radius 1 is 0.604 bits per heavy atom. The van der Waals surface area contributed by atoms with Gasteiger partial charge < -0.3 is 18.9 Å². The third-order valence-corrected chi connectivity index (χ3v) is 9.27. The number of quaternary nitrogens is 1. The van der Waals surface area contributed by atoms with Gasteiger partial charge in [0.15, 0.2) is 6.10 Å². The summed E-state index contributed by atoms with van der Waals surface area (Å²) in [7, 11) is 1.44. The molecule has 0 aromatic heterocycles. The van der Waals surface area contributed by atoms with Crippen LogP contribution >= 0.6 is 7.82 Å². The molecule has 0 fully saturated rings. The zero-order valence-electron chi connectivity index (χ0n) is 34.2. The van der Waals surface area contributed by atoms with E-state index in [1.807, 2.05) is 21.1 Å². The number of hydrogen-bond donors (Lipinski definition) is 1. The normalized spacial score (nSPS) is 14.3. The van der Waals surface area contributed by atoms with Crippen LogP contribution in [0.25, 0.3) is 0 Å². The maximum absolute atomic E-state index is 12.6. The van der Waals surface area contributed by atoms with E-state index in [1.165, 1.54) is 12.8 Å². The van der Waals surface area contributed by atoms with Crippen molar-refractivity contribution in [3.63, 3.8) is 0 Å². The second-order valence-electron chi connectivity index (χ2n) is 14.6. The second-order valence-corrected chi connectivity index (χ2v) is 16.1. The number of hydrogen-bond acceptors (Lipinski definition) is 7. The summed E-state index contributed by atoms with van der Waals surface area (Å²) in [5.41, 5.74) is 0. The number of phosphoric acid groups is 1. The minimum absolute atomic E-state index is 0.0229. The molecule has 0 radical (unpaired) electrons. The topological polar surface area (TPSA) is 108 Å². The molecule has 0 heterocycles. The molecule has 0 aromatic carbocycles. The highest BCUT2D eigenvalue weighted by molar-refractivity contribution is 7.47. The molecule has 2 atom stereocenters. The summed E-state index contributed by atoms with van der Waals surface area (Å²) < 4.78 is 34.2. The number of carbonyl (C=O) groups excluding carboxylic acids is 2. The predicted molar refractivity (Wildman–Crippen MR) is 219 cm³/mol. The zero-order chi connectivity index (χ0) is 39.3. The van der Waals surface area contributed by atoms with Crippen LogP contribution in [0.2, 0.25) is 0 Å². The van der Waals surface area contributed by atoms with Gasteiger partial charge in [-0.25, -0.2) is 4.57 Å². The Kier molecular flexibility index (Phi) is 33.9. The van der Waals surface area contributed by atoms with Crippen LogP contribution in [0.5, 0.6) is 0 Å². The quantitative estimate of drug-likeness (QED) is 0.0221. The van der Waals surface area contributed by atoms with E-state index in [0.29, 0.717) is 17.4 Å². The highest BCUT2D eigenvalue weighted by Gasteiger charge is 2.27. The SMILES string of the molecule is CC/C=C\C/C=C\C/C=C\CCCCCCCC(=O)O[C@H](COC(=O)CCCCCCC/C=C\C/C=C\CCCC)COP(=O)(O)OCC[N+](C)(C)C. The summed E-state index contributed by atoms with van der Waals surface area (Å²) in [5, 5.41) is 0. The molecule has 10 heteroatoms. The van der Waals surface area contributed by atoms with Crippen LogP contribution in [0.15, 0.2) is 60.8 Å². The number of nitrogens with zero attached hydrogens (tertiary/aromatic N) is 1. The molecule has 0 saturated heterocycles. The van der Waals surface area contributed by atoms with Gasteiger partial charge in [-0.3, -0.25) is 18.6 Å². The fraction of sp³-hybridized carbons (Fsp3) is 0.721. The minimum Gasteiger partial charge on any atom is -0.462 e. The van der Waals surface area contributed by atoms with Gasteiger partial charge in [0.25, 0.3) is 0 Å². The van der Waals surface area contributed by atoms with Crippen molar-refractivity contribution in [2.75, 3.05) is 47.5 Å². The van der Waals surface area contributed by atoms with Crippen LogP contribution in [0, 0.1) is 0 Å². The van der Waals surface area contributed by atoms with E-state index in [1.54, 1.807) is 0 Å². The first-order valence-electron chi connectivity index (χ1n) is 20.5. The highest BCUT2D eigenvalue weighted by atomic mass is 31.2. The molecule has 1 N–H and O–H groups in total. The van der Waals surface area contributed by atoms with Gasteiger partial charge in [-0.15, -0.1) is 0 Å². The average Bonchev–Trinajstić information content (AvgIpc) is 3.10. The molecule has 306 valence electrons. The Bertz CT molecular complexity index is 1090. The lowest BCUT2D eigenvalue weighted by molar-refractivity contribution is -0.870. The van der Waals surface area contributed by atoms with Crippen molar-refractivity contribution in [3.8, 4) is 0 Å². The van der Waals surface area contributed by atoms with Crippen molar-refractivity contribution in [1.82, 2.24) is 0 Å². The summed E-state index contributed by atoms with van der Waals surface area (Å²) in [4.78, 5) is 35.3. The van der Waals surface area contributed by atoms with Crippen molar-refractivity contribution >= 4 is 19.8 Å². The molecule has 0 aliphatic rings. The fourth-order valence-electron chi connectivity index (χ4n) is 5.04. The van der Waals surface area contributed by atoms with Gasteiger partial charge in [-0.1, -0.05) is 126 Å². The highest BCUT2D eigenvalue weighted by Crippen LogP contribution is 2.43. The van der Waals surface area contributed by atoms with Crippen molar-refractivity contribution in [2.24, 2.45) is 0 Å². The third kappa shape index (κ3) is 39.2. The molecule has 1 unspecified atom stereocenters. The number of phosphoric ester groups is 1. The van der Waals surface area contributed by atoms with E-state index in [0.717, 1.165) is 103 Å². The molecule has 0 saturated carbocycles. The predicted octanol–water partition coefficient (Wildman–Crippen LogP) is 11.3. The Morgan fingerprint density at radius 2 is 1.08 bits per heavy atom. The fourth-order valence-corrected chi connectivity index (χ4v) is 5.78. The van der Waals surface area contributed by atoms with Crippen LogP contribution in [-0.4, -0.2) is 74.9 Å². The van der Waals surface area contributed by atoms with Gasteiger partial charge in [-0.2, -0.15) is 0 Å². The van der Waals surface area contributed by atoms with E-state index in [2.05, 4.69) is 74.6 Å². The monoisotopic (exact) mass is 767 g/mol. The summed E-state index contributed by atoms with van der Waals surface area (Å²) >= 11 is 0.